The number of nitro groups is 1. The standard InChI is InChI=1S/C15H21NO3/c1-2-12-7-6-10-15(16(17)18)14(12)11-19-13-8-4-3-5-9-13/h6-7,10,13H,2-5,8-9,11H2,1H3. The molecule has 0 N–H and O–H groups in total. The van der Waals surface area contributed by atoms with Gasteiger partial charge in [0.2, 0.25) is 0 Å². The topological polar surface area (TPSA) is 52.4 Å². The summed E-state index contributed by atoms with van der Waals surface area (Å²) in [6.45, 7) is 2.38. The van der Waals surface area contributed by atoms with E-state index < -0.39 is 0 Å². The van der Waals surface area contributed by atoms with Crippen molar-refractivity contribution in [3.8, 4) is 0 Å². The number of rotatable bonds is 5. The van der Waals surface area contributed by atoms with Gasteiger partial charge in [0.05, 0.1) is 23.2 Å². The first-order valence-electron chi connectivity index (χ1n) is 7.09. The largest absolute Gasteiger partial charge is 0.373 e. The number of nitro benzene ring substituents is 1. The highest BCUT2D eigenvalue weighted by molar-refractivity contribution is 5.45. The zero-order chi connectivity index (χ0) is 13.7. The zero-order valence-electron chi connectivity index (χ0n) is 11.4. The second kappa shape index (κ2) is 6.66. The second-order valence-corrected chi connectivity index (χ2v) is 5.10. The molecule has 0 aromatic heterocycles. The first-order valence-corrected chi connectivity index (χ1v) is 7.09. The molecular formula is C15H21NO3. The van der Waals surface area contributed by atoms with E-state index >= 15 is 0 Å². The summed E-state index contributed by atoms with van der Waals surface area (Å²) in [5.74, 6) is 0. The van der Waals surface area contributed by atoms with Crippen molar-refractivity contribution in [3.05, 3.63) is 39.4 Å². The number of benzene rings is 1. The number of hydrogen-bond donors (Lipinski definition) is 0. The predicted octanol–water partition coefficient (Wildman–Crippen LogP) is 4.01. The predicted molar refractivity (Wildman–Crippen MR) is 74.1 cm³/mol. The molecule has 0 amide bonds. The van der Waals surface area contributed by atoms with Crippen molar-refractivity contribution in [2.45, 2.75) is 58.2 Å². The van der Waals surface area contributed by atoms with Gasteiger partial charge in [-0.3, -0.25) is 10.1 Å². The van der Waals surface area contributed by atoms with Crippen LogP contribution in [0.4, 0.5) is 5.69 Å². The van der Waals surface area contributed by atoms with Gasteiger partial charge in [0.1, 0.15) is 0 Å². The molecule has 2 rings (SSSR count). The lowest BCUT2D eigenvalue weighted by Gasteiger charge is -2.22. The van der Waals surface area contributed by atoms with Crippen LogP contribution in [-0.4, -0.2) is 11.0 Å². The Morgan fingerprint density at radius 2 is 2.05 bits per heavy atom. The lowest BCUT2D eigenvalue weighted by molar-refractivity contribution is -0.386. The lowest BCUT2D eigenvalue weighted by atomic mass is 9.97. The van der Waals surface area contributed by atoms with E-state index in [1.54, 1.807) is 12.1 Å². The molecule has 1 fully saturated rings. The monoisotopic (exact) mass is 263 g/mol. The van der Waals surface area contributed by atoms with Crippen LogP contribution < -0.4 is 0 Å². The third-order valence-corrected chi connectivity index (χ3v) is 3.84. The van der Waals surface area contributed by atoms with E-state index in [9.17, 15) is 10.1 Å². The van der Waals surface area contributed by atoms with Gasteiger partial charge in [0.15, 0.2) is 0 Å². The fourth-order valence-electron chi connectivity index (χ4n) is 2.72. The number of hydrogen-bond acceptors (Lipinski definition) is 3. The lowest BCUT2D eigenvalue weighted by Crippen LogP contribution is -2.17. The molecule has 0 radical (unpaired) electrons. The maximum Gasteiger partial charge on any atom is 0.275 e. The summed E-state index contributed by atoms with van der Waals surface area (Å²) in [6, 6.07) is 5.27. The molecule has 104 valence electrons. The third kappa shape index (κ3) is 3.53. The Kier molecular flexibility index (Phi) is 4.91. The van der Waals surface area contributed by atoms with Crippen LogP contribution in [-0.2, 0) is 17.8 Å². The minimum Gasteiger partial charge on any atom is -0.373 e. The Labute approximate surface area is 113 Å². The fourth-order valence-corrected chi connectivity index (χ4v) is 2.72. The molecule has 19 heavy (non-hydrogen) atoms. The molecular weight excluding hydrogens is 242 g/mol. The molecule has 1 aromatic rings. The van der Waals surface area contributed by atoms with Crippen LogP contribution in [0, 0.1) is 10.1 Å². The molecule has 1 aliphatic carbocycles. The molecule has 4 nitrogen and oxygen atoms in total. The van der Waals surface area contributed by atoms with Crippen LogP contribution in [0.5, 0.6) is 0 Å². The van der Waals surface area contributed by atoms with Gasteiger partial charge < -0.3 is 4.74 Å². The quantitative estimate of drug-likeness (QED) is 0.596. The zero-order valence-corrected chi connectivity index (χ0v) is 11.4. The van der Waals surface area contributed by atoms with Crippen LogP contribution in [0.1, 0.15) is 50.2 Å². The molecule has 1 aliphatic rings. The van der Waals surface area contributed by atoms with Gasteiger partial charge in [-0.1, -0.05) is 38.3 Å². The summed E-state index contributed by atoms with van der Waals surface area (Å²) in [7, 11) is 0. The summed E-state index contributed by atoms with van der Waals surface area (Å²) in [4.78, 5) is 10.8. The average molecular weight is 263 g/mol. The normalized spacial score (nSPS) is 16.5. The summed E-state index contributed by atoms with van der Waals surface area (Å²) < 4.78 is 5.90. The molecule has 0 bridgehead atoms. The highest BCUT2D eigenvalue weighted by Crippen LogP contribution is 2.27. The van der Waals surface area contributed by atoms with Crippen molar-refractivity contribution in [1.82, 2.24) is 0 Å². The Morgan fingerprint density at radius 3 is 2.68 bits per heavy atom. The number of ether oxygens (including phenoxy) is 1. The smallest absolute Gasteiger partial charge is 0.275 e. The molecule has 0 saturated heterocycles. The van der Waals surface area contributed by atoms with Gasteiger partial charge in [0.25, 0.3) is 5.69 Å². The Bertz CT molecular complexity index is 439. The highest BCUT2D eigenvalue weighted by Gasteiger charge is 2.19. The van der Waals surface area contributed by atoms with Gasteiger partial charge in [-0.15, -0.1) is 0 Å². The molecule has 0 unspecified atom stereocenters. The van der Waals surface area contributed by atoms with E-state index in [4.69, 9.17) is 4.74 Å². The van der Waals surface area contributed by atoms with Crippen molar-refractivity contribution in [3.63, 3.8) is 0 Å². The van der Waals surface area contributed by atoms with E-state index in [0.29, 0.717) is 6.61 Å². The summed E-state index contributed by atoms with van der Waals surface area (Å²) >= 11 is 0. The maximum absolute atomic E-state index is 11.1. The van der Waals surface area contributed by atoms with Gasteiger partial charge in [-0.05, 0) is 24.8 Å². The van der Waals surface area contributed by atoms with Crippen molar-refractivity contribution in [2.75, 3.05) is 0 Å². The molecule has 4 heteroatoms. The summed E-state index contributed by atoms with van der Waals surface area (Å²) in [5, 5.41) is 11.1. The van der Waals surface area contributed by atoms with Crippen LogP contribution in [0.25, 0.3) is 0 Å². The van der Waals surface area contributed by atoms with Crippen LogP contribution in [0.3, 0.4) is 0 Å². The Hall–Kier alpha value is -1.42. The van der Waals surface area contributed by atoms with Crippen molar-refractivity contribution in [1.29, 1.82) is 0 Å². The molecule has 0 atom stereocenters. The third-order valence-electron chi connectivity index (χ3n) is 3.84. The number of nitrogens with zero attached hydrogens (tertiary/aromatic N) is 1. The number of aryl methyl sites for hydroxylation is 1. The minimum absolute atomic E-state index is 0.190. The average Bonchev–Trinajstić information content (AvgIpc) is 2.45. The second-order valence-electron chi connectivity index (χ2n) is 5.10. The molecule has 0 spiro atoms. The first kappa shape index (κ1) is 14.0. The van der Waals surface area contributed by atoms with Crippen molar-refractivity contribution < 1.29 is 9.66 Å². The fraction of sp³-hybridized carbons (Fsp3) is 0.600. The molecule has 0 aliphatic heterocycles. The molecule has 1 saturated carbocycles. The van der Waals surface area contributed by atoms with E-state index in [1.807, 2.05) is 13.0 Å². The Balaban J connectivity index is 2.10. The summed E-state index contributed by atoms with van der Waals surface area (Å²) in [6.07, 6.45) is 6.95. The Morgan fingerprint density at radius 1 is 1.32 bits per heavy atom. The van der Waals surface area contributed by atoms with Gasteiger partial charge in [0, 0.05) is 6.07 Å². The van der Waals surface area contributed by atoms with E-state index in [-0.39, 0.29) is 16.7 Å². The van der Waals surface area contributed by atoms with Crippen molar-refractivity contribution >= 4 is 5.69 Å². The highest BCUT2D eigenvalue weighted by atomic mass is 16.6. The summed E-state index contributed by atoms with van der Waals surface area (Å²) in [5.41, 5.74) is 1.96. The van der Waals surface area contributed by atoms with E-state index in [1.165, 1.54) is 19.3 Å². The van der Waals surface area contributed by atoms with E-state index in [0.717, 1.165) is 30.4 Å². The molecule has 0 heterocycles. The van der Waals surface area contributed by atoms with Crippen LogP contribution in [0.15, 0.2) is 18.2 Å². The van der Waals surface area contributed by atoms with Gasteiger partial charge >= 0.3 is 0 Å². The van der Waals surface area contributed by atoms with E-state index in [2.05, 4.69) is 0 Å². The van der Waals surface area contributed by atoms with Crippen LogP contribution >= 0.6 is 0 Å². The van der Waals surface area contributed by atoms with Gasteiger partial charge in [-0.25, -0.2) is 0 Å². The van der Waals surface area contributed by atoms with Crippen LogP contribution in [0.2, 0.25) is 0 Å². The maximum atomic E-state index is 11.1. The minimum atomic E-state index is -0.307. The SMILES string of the molecule is CCc1cccc([N+](=O)[O-])c1COC1CCCCC1. The first-order chi connectivity index (χ1) is 9.22. The van der Waals surface area contributed by atoms with Crippen molar-refractivity contribution in [2.24, 2.45) is 0 Å². The molecule has 1 aromatic carbocycles. The van der Waals surface area contributed by atoms with Gasteiger partial charge in [-0.2, -0.15) is 0 Å².